The van der Waals surface area contributed by atoms with Crippen LogP contribution >= 0.6 is 0 Å². The number of unbranched alkanes of at least 4 members (excludes halogenated alkanes) is 1. The van der Waals surface area contributed by atoms with Crippen LogP contribution in [-0.2, 0) is 19.0 Å². The summed E-state index contributed by atoms with van der Waals surface area (Å²) in [4.78, 5) is 9.75. The number of hydrogen-bond acceptors (Lipinski definition) is 4. The fraction of sp³-hybridized carbons (Fsp3) is 0.889. The van der Waals surface area contributed by atoms with Crippen molar-refractivity contribution in [3.05, 3.63) is 0 Å². The highest BCUT2D eigenvalue weighted by atomic mass is 16.5. The van der Waals surface area contributed by atoms with E-state index in [2.05, 4.69) is 4.74 Å². The van der Waals surface area contributed by atoms with Crippen LogP contribution in [0.15, 0.2) is 0 Å². The molecule has 0 saturated carbocycles. The predicted octanol–water partition coefficient (Wildman–Crippen LogP) is 0.991. The molecule has 1 atom stereocenters. The van der Waals surface area contributed by atoms with Crippen molar-refractivity contribution in [1.82, 2.24) is 0 Å². The third kappa shape index (κ3) is 9.30. The first-order valence-electron chi connectivity index (χ1n) is 4.47. The summed E-state index contributed by atoms with van der Waals surface area (Å²) in [5, 5.41) is 0. The molecule has 4 heteroatoms. The molecule has 0 aliphatic carbocycles. The van der Waals surface area contributed by atoms with Crippen LogP contribution in [0.2, 0.25) is 0 Å². The summed E-state index contributed by atoms with van der Waals surface area (Å²) < 4.78 is 14.8. The minimum absolute atomic E-state index is 0.145. The van der Waals surface area contributed by atoms with Crippen LogP contribution in [0.1, 0.15) is 19.8 Å². The summed E-state index contributed by atoms with van der Waals surface area (Å²) in [7, 11) is 1.66. The average Bonchev–Trinajstić information content (AvgIpc) is 2.16. The zero-order valence-corrected chi connectivity index (χ0v) is 8.32. The number of ether oxygens (including phenoxy) is 3. The van der Waals surface area contributed by atoms with Crippen molar-refractivity contribution >= 4 is 6.47 Å². The Labute approximate surface area is 79.2 Å². The molecule has 0 aliphatic rings. The van der Waals surface area contributed by atoms with Gasteiger partial charge in [-0.05, 0) is 19.8 Å². The Balaban J connectivity index is 2.95. The molecular weight excluding hydrogens is 172 g/mol. The van der Waals surface area contributed by atoms with E-state index in [4.69, 9.17) is 9.47 Å². The largest absolute Gasteiger partial charge is 0.468 e. The first-order valence-corrected chi connectivity index (χ1v) is 4.47. The molecule has 0 fully saturated rings. The minimum Gasteiger partial charge on any atom is -0.468 e. The molecule has 0 saturated heterocycles. The molecule has 0 radical (unpaired) electrons. The van der Waals surface area contributed by atoms with Crippen LogP contribution in [0.4, 0.5) is 0 Å². The van der Waals surface area contributed by atoms with Crippen molar-refractivity contribution in [1.29, 1.82) is 0 Å². The molecule has 0 aromatic heterocycles. The summed E-state index contributed by atoms with van der Waals surface area (Å²) >= 11 is 0. The first-order chi connectivity index (χ1) is 6.31. The molecule has 0 heterocycles. The monoisotopic (exact) mass is 190 g/mol. The Morgan fingerprint density at radius 3 is 2.62 bits per heavy atom. The Morgan fingerprint density at radius 1 is 1.31 bits per heavy atom. The highest BCUT2D eigenvalue weighted by Gasteiger charge is 1.97. The lowest BCUT2D eigenvalue weighted by Gasteiger charge is -2.09. The Hall–Kier alpha value is -0.610. The molecule has 13 heavy (non-hydrogen) atoms. The predicted molar refractivity (Wildman–Crippen MR) is 48.5 cm³/mol. The van der Waals surface area contributed by atoms with Gasteiger partial charge in [0.2, 0.25) is 0 Å². The normalized spacial score (nSPS) is 12.5. The number of carbonyl (C=O) groups excluding carboxylic acids is 1. The molecule has 0 aromatic rings. The number of methoxy groups -OCH3 is 1. The van der Waals surface area contributed by atoms with E-state index in [9.17, 15) is 4.79 Å². The second kappa shape index (κ2) is 9.48. The molecule has 0 rings (SSSR count). The quantitative estimate of drug-likeness (QED) is 0.402. The van der Waals surface area contributed by atoms with Gasteiger partial charge >= 0.3 is 0 Å². The average molecular weight is 190 g/mol. The van der Waals surface area contributed by atoms with Gasteiger partial charge in [0.1, 0.15) is 0 Å². The maximum absolute atomic E-state index is 9.75. The molecule has 0 spiro atoms. The Morgan fingerprint density at radius 2 is 2.00 bits per heavy atom. The molecule has 0 bridgehead atoms. The summed E-state index contributed by atoms with van der Waals surface area (Å²) in [6, 6.07) is 0. The Bertz CT molecular complexity index is 116. The highest BCUT2D eigenvalue weighted by Crippen LogP contribution is 1.93. The molecule has 0 amide bonds. The van der Waals surface area contributed by atoms with Crippen molar-refractivity contribution in [3.8, 4) is 0 Å². The number of rotatable bonds is 9. The zero-order valence-electron chi connectivity index (χ0n) is 8.32. The second-order valence-electron chi connectivity index (χ2n) is 2.80. The lowest BCUT2D eigenvalue weighted by molar-refractivity contribution is -0.128. The lowest BCUT2D eigenvalue weighted by atomic mass is 10.3. The van der Waals surface area contributed by atoms with Gasteiger partial charge in [-0.3, -0.25) is 4.79 Å². The van der Waals surface area contributed by atoms with Crippen LogP contribution in [0, 0.1) is 0 Å². The number of carbonyl (C=O) groups is 1. The van der Waals surface area contributed by atoms with Gasteiger partial charge in [0.15, 0.2) is 0 Å². The van der Waals surface area contributed by atoms with Crippen LogP contribution in [-0.4, -0.2) is 39.5 Å². The molecule has 0 aliphatic heterocycles. The van der Waals surface area contributed by atoms with E-state index in [-0.39, 0.29) is 6.10 Å². The van der Waals surface area contributed by atoms with E-state index < -0.39 is 0 Å². The van der Waals surface area contributed by atoms with Gasteiger partial charge in [-0.2, -0.15) is 0 Å². The molecular formula is C9H18O4. The van der Waals surface area contributed by atoms with Crippen LogP contribution in [0.5, 0.6) is 0 Å². The maximum atomic E-state index is 9.75. The first kappa shape index (κ1) is 12.4. The fourth-order valence-electron chi connectivity index (χ4n) is 0.755. The van der Waals surface area contributed by atoms with Crippen molar-refractivity contribution in [2.24, 2.45) is 0 Å². The molecule has 4 nitrogen and oxygen atoms in total. The van der Waals surface area contributed by atoms with Crippen molar-refractivity contribution in [2.45, 2.75) is 25.9 Å². The van der Waals surface area contributed by atoms with E-state index in [0.717, 1.165) is 12.8 Å². The van der Waals surface area contributed by atoms with Gasteiger partial charge in [0, 0.05) is 13.7 Å². The highest BCUT2D eigenvalue weighted by molar-refractivity contribution is 5.36. The molecule has 1 unspecified atom stereocenters. The summed E-state index contributed by atoms with van der Waals surface area (Å²) in [5.74, 6) is 0. The topological polar surface area (TPSA) is 44.8 Å². The van der Waals surface area contributed by atoms with Gasteiger partial charge in [-0.25, -0.2) is 0 Å². The van der Waals surface area contributed by atoms with Crippen molar-refractivity contribution in [2.75, 3.05) is 26.9 Å². The van der Waals surface area contributed by atoms with Gasteiger partial charge in [0.25, 0.3) is 6.47 Å². The van der Waals surface area contributed by atoms with E-state index in [1.807, 2.05) is 6.92 Å². The Kier molecular flexibility index (Phi) is 9.03. The van der Waals surface area contributed by atoms with Gasteiger partial charge in [-0.1, -0.05) is 0 Å². The van der Waals surface area contributed by atoms with Gasteiger partial charge in [-0.15, -0.1) is 0 Å². The third-order valence-corrected chi connectivity index (χ3v) is 1.62. The smallest absolute Gasteiger partial charge is 0.293 e. The van der Waals surface area contributed by atoms with Crippen LogP contribution in [0.25, 0.3) is 0 Å². The zero-order chi connectivity index (χ0) is 9.94. The summed E-state index contributed by atoms with van der Waals surface area (Å²) in [6.07, 6.45) is 1.90. The van der Waals surface area contributed by atoms with Gasteiger partial charge < -0.3 is 14.2 Å². The van der Waals surface area contributed by atoms with Crippen molar-refractivity contribution in [3.63, 3.8) is 0 Å². The second-order valence-corrected chi connectivity index (χ2v) is 2.80. The minimum atomic E-state index is 0.145. The summed E-state index contributed by atoms with van der Waals surface area (Å²) in [6.45, 7) is 4.21. The third-order valence-electron chi connectivity index (χ3n) is 1.62. The molecule has 0 aromatic carbocycles. The van der Waals surface area contributed by atoms with E-state index >= 15 is 0 Å². The fourth-order valence-corrected chi connectivity index (χ4v) is 0.755. The van der Waals surface area contributed by atoms with Gasteiger partial charge in [0.05, 0.1) is 19.3 Å². The summed E-state index contributed by atoms with van der Waals surface area (Å²) in [5.41, 5.74) is 0. The maximum Gasteiger partial charge on any atom is 0.293 e. The SMILES string of the molecule is COC(C)COCCCCOC=O. The molecule has 0 N–H and O–H groups in total. The molecule has 78 valence electrons. The lowest BCUT2D eigenvalue weighted by Crippen LogP contribution is -2.14. The van der Waals surface area contributed by atoms with E-state index in [0.29, 0.717) is 26.3 Å². The van der Waals surface area contributed by atoms with Crippen molar-refractivity contribution < 1.29 is 19.0 Å². The van der Waals surface area contributed by atoms with Crippen LogP contribution < -0.4 is 0 Å². The standard InChI is InChI=1S/C9H18O4/c1-9(11-2)7-12-5-3-4-6-13-8-10/h8-9H,3-7H2,1-2H3. The van der Waals surface area contributed by atoms with E-state index in [1.165, 1.54) is 0 Å². The van der Waals surface area contributed by atoms with Crippen LogP contribution in [0.3, 0.4) is 0 Å². The van der Waals surface area contributed by atoms with E-state index in [1.54, 1.807) is 7.11 Å². The number of hydrogen-bond donors (Lipinski definition) is 0.